The molecule has 2 unspecified atom stereocenters. The van der Waals surface area contributed by atoms with Crippen LogP contribution in [0.5, 0.6) is 0 Å². The predicted molar refractivity (Wildman–Crippen MR) is 78.0 cm³/mol. The highest BCUT2D eigenvalue weighted by Gasteiger charge is 2.31. The van der Waals surface area contributed by atoms with E-state index in [2.05, 4.69) is 41.9 Å². The van der Waals surface area contributed by atoms with E-state index in [-0.39, 0.29) is 6.04 Å². The number of hydrogen-bond acceptors (Lipinski definition) is 4. The van der Waals surface area contributed by atoms with Crippen LogP contribution in [0.2, 0.25) is 0 Å². The van der Waals surface area contributed by atoms with Gasteiger partial charge in [-0.05, 0) is 24.5 Å². The van der Waals surface area contributed by atoms with E-state index in [0.717, 1.165) is 13.0 Å². The fourth-order valence-corrected chi connectivity index (χ4v) is 2.63. The summed E-state index contributed by atoms with van der Waals surface area (Å²) in [5, 5.41) is 0. The van der Waals surface area contributed by atoms with Crippen molar-refractivity contribution in [3.8, 4) is 0 Å². The molecule has 0 spiro atoms. The minimum absolute atomic E-state index is 0.237. The molecule has 0 bridgehead atoms. The highest BCUT2D eigenvalue weighted by molar-refractivity contribution is 5.80. The summed E-state index contributed by atoms with van der Waals surface area (Å²) < 4.78 is 5.29. The van der Waals surface area contributed by atoms with Crippen LogP contribution >= 0.6 is 0 Å². The third-order valence-electron chi connectivity index (χ3n) is 3.81. The second-order valence-electron chi connectivity index (χ2n) is 5.01. The number of benzene rings is 1. The molecule has 1 aliphatic heterocycles. The summed E-state index contributed by atoms with van der Waals surface area (Å²) >= 11 is 0. The first-order chi connectivity index (χ1) is 9.19. The number of rotatable bonds is 5. The van der Waals surface area contributed by atoms with E-state index in [4.69, 9.17) is 10.5 Å². The highest BCUT2D eigenvalue weighted by atomic mass is 16.5. The Balaban J connectivity index is 2.31. The van der Waals surface area contributed by atoms with Gasteiger partial charge in [-0.3, -0.25) is 4.99 Å². The van der Waals surface area contributed by atoms with E-state index in [0.29, 0.717) is 18.6 Å². The molecule has 1 aromatic rings. The zero-order valence-corrected chi connectivity index (χ0v) is 12.0. The minimum atomic E-state index is 0.237. The first-order valence-electron chi connectivity index (χ1n) is 6.84. The molecule has 0 aliphatic carbocycles. The standard InChI is InChI=1S/C15H23N3O/c1-4-11(2)18-14(9-17-15(18)16)13-8-6-5-7-12(13)10-19-3/h5-8,11,14H,4,9-10H2,1-3H3,(H2,16,17). The maximum Gasteiger partial charge on any atom is 0.192 e. The highest BCUT2D eigenvalue weighted by Crippen LogP contribution is 2.30. The van der Waals surface area contributed by atoms with Gasteiger partial charge in [0.05, 0.1) is 19.2 Å². The largest absolute Gasteiger partial charge is 0.380 e. The first-order valence-corrected chi connectivity index (χ1v) is 6.84. The molecule has 0 aromatic heterocycles. The number of ether oxygens (including phenoxy) is 1. The molecule has 4 nitrogen and oxygen atoms in total. The third-order valence-corrected chi connectivity index (χ3v) is 3.81. The van der Waals surface area contributed by atoms with Gasteiger partial charge in [-0.1, -0.05) is 31.2 Å². The molecule has 0 saturated heterocycles. The molecule has 19 heavy (non-hydrogen) atoms. The van der Waals surface area contributed by atoms with Crippen molar-refractivity contribution >= 4 is 5.96 Å². The van der Waals surface area contributed by atoms with Crippen molar-refractivity contribution in [3.63, 3.8) is 0 Å². The maximum atomic E-state index is 6.05. The monoisotopic (exact) mass is 261 g/mol. The van der Waals surface area contributed by atoms with Gasteiger partial charge >= 0.3 is 0 Å². The Bertz CT molecular complexity index is 458. The molecule has 0 radical (unpaired) electrons. The topological polar surface area (TPSA) is 50.8 Å². The lowest BCUT2D eigenvalue weighted by Crippen LogP contribution is -2.42. The Hall–Kier alpha value is -1.55. The number of hydrogen-bond donors (Lipinski definition) is 1. The Morgan fingerprint density at radius 1 is 1.47 bits per heavy atom. The molecular weight excluding hydrogens is 238 g/mol. The Morgan fingerprint density at radius 3 is 2.89 bits per heavy atom. The van der Waals surface area contributed by atoms with Gasteiger partial charge < -0.3 is 15.4 Å². The number of aliphatic imine (C=N–C) groups is 1. The van der Waals surface area contributed by atoms with E-state index >= 15 is 0 Å². The predicted octanol–water partition coefficient (Wildman–Crippen LogP) is 2.30. The van der Waals surface area contributed by atoms with Crippen molar-refractivity contribution in [1.29, 1.82) is 0 Å². The van der Waals surface area contributed by atoms with E-state index in [1.807, 2.05) is 6.07 Å². The third kappa shape index (κ3) is 2.73. The lowest BCUT2D eigenvalue weighted by molar-refractivity contribution is 0.181. The second kappa shape index (κ2) is 6.06. The fourth-order valence-electron chi connectivity index (χ4n) is 2.63. The molecule has 1 aromatic carbocycles. The summed E-state index contributed by atoms with van der Waals surface area (Å²) in [7, 11) is 1.72. The molecule has 0 amide bonds. The molecule has 2 atom stereocenters. The summed E-state index contributed by atoms with van der Waals surface area (Å²) in [5.74, 6) is 0.659. The van der Waals surface area contributed by atoms with Crippen LogP contribution in [0.3, 0.4) is 0 Å². The second-order valence-corrected chi connectivity index (χ2v) is 5.01. The zero-order chi connectivity index (χ0) is 13.8. The van der Waals surface area contributed by atoms with Crippen LogP contribution < -0.4 is 5.73 Å². The molecule has 1 heterocycles. The zero-order valence-electron chi connectivity index (χ0n) is 12.0. The van der Waals surface area contributed by atoms with E-state index in [1.54, 1.807) is 7.11 Å². The molecule has 0 fully saturated rings. The van der Waals surface area contributed by atoms with Crippen LogP contribution in [0, 0.1) is 0 Å². The lowest BCUT2D eigenvalue weighted by Gasteiger charge is -2.33. The van der Waals surface area contributed by atoms with Gasteiger partial charge in [0, 0.05) is 13.2 Å². The van der Waals surface area contributed by atoms with Crippen molar-refractivity contribution in [2.24, 2.45) is 10.7 Å². The molecule has 4 heteroatoms. The van der Waals surface area contributed by atoms with Gasteiger partial charge in [-0.25, -0.2) is 0 Å². The quantitative estimate of drug-likeness (QED) is 0.885. The summed E-state index contributed by atoms with van der Waals surface area (Å²) in [4.78, 5) is 6.66. The SMILES string of the molecule is CCC(C)N1C(N)=NCC1c1ccccc1COC. The molecule has 1 aliphatic rings. The van der Waals surface area contributed by atoms with Crippen LogP contribution in [0.25, 0.3) is 0 Å². The number of nitrogens with two attached hydrogens (primary N) is 1. The van der Waals surface area contributed by atoms with Crippen molar-refractivity contribution in [2.75, 3.05) is 13.7 Å². The van der Waals surface area contributed by atoms with Crippen molar-refractivity contribution in [3.05, 3.63) is 35.4 Å². The van der Waals surface area contributed by atoms with Crippen LogP contribution in [0.4, 0.5) is 0 Å². The van der Waals surface area contributed by atoms with Gasteiger partial charge in [-0.15, -0.1) is 0 Å². The van der Waals surface area contributed by atoms with Gasteiger partial charge in [0.2, 0.25) is 0 Å². The Kier molecular flexibility index (Phi) is 4.43. The van der Waals surface area contributed by atoms with Crippen LogP contribution in [-0.2, 0) is 11.3 Å². The number of guanidine groups is 1. The van der Waals surface area contributed by atoms with E-state index < -0.39 is 0 Å². The normalized spacial score (nSPS) is 20.5. The smallest absolute Gasteiger partial charge is 0.192 e. The average molecular weight is 261 g/mol. The molecule has 2 N–H and O–H groups in total. The van der Waals surface area contributed by atoms with E-state index in [9.17, 15) is 0 Å². The molecule has 0 saturated carbocycles. The van der Waals surface area contributed by atoms with Crippen LogP contribution in [0.1, 0.15) is 37.4 Å². The van der Waals surface area contributed by atoms with Crippen molar-refractivity contribution < 1.29 is 4.74 Å². The molecular formula is C15H23N3O. The average Bonchev–Trinajstić information content (AvgIpc) is 2.81. The Labute approximate surface area is 115 Å². The summed E-state index contributed by atoms with van der Waals surface area (Å²) in [5.41, 5.74) is 8.54. The summed E-state index contributed by atoms with van der Waals surface area (Å²) in [6, 6.07) is 9.01. The number of methoxy groups -OCH3 is 1. The van der Waals surface area contributed by atoms with E-state index in [1.165, 1.54) is 11.1 Å². The van der Waals surface area contributed by atoms with Gasteiger partial charge in [0.25, 0.3) is 0 Å². The summed E-state index contributed by atoms with van der Waals surface area (Å²) in [6.45, 7) is 5.73. The summed E-state index contributed by atoms with van der Waals surface area (Å²) in [6.07, 6.45) is 1.05. The fraction of sp³-hybridized carbons (Fsp3) is 0.533. The first kappa shape index (κ1) is 13.9. The Morgan fingerprint density at radius 2 is 2.21 bits per heavy atom. The minimum Gasteiger partial charge on any atom is -0.380 e. The van der Waals surface area contributed by atoms with Gasteiger partial charge in [0.15, 0.2) is 5.96 Å². The maximum absolute atomic E-state index is 6.05. The molecule has 104 valence electrons. The number of nitrogens with zero attached hydrogens (tertiary/aromatic N) is 2. The van der Waals surface area contributed by atoms with Gasteiger partial charge in [-0.2, -0.15) is 0 Å². The lowest BCUT2D eigenvalue weighted by atomic mass is 9.98. The van der Waals surface area contributed by atoms with Crippen molar-refractivity contribution in [1.82, 2.24) is 4.90 Å². The van der Waals surface area contributed by atoms with Crippen LogP contribution in [-0.4, -0.2) is 30.6 Å². The van der Waals surface area contributed by atoms with Gasteiger partial charge in [0.1, 0.15) is 0 Å². The van der Waals surface area contributed by atoms with Crippen LogP contribution in [0.15, 0.2) is 29.3 Å². The van der Waals surface area contributed by atoms with Crippen molar-refractivity contribution in [2.45, 2.75) is 39.0 Å². The molecule has 2 rings (SSSR count).